The number of likely N-dealkylation sites (tertiary alicyclic amines) is 1. The molecular formula is C21H25N7O. The molecule has 3 aromatic rings. The molecule has 1 saturated heterocycles. The third-order valence-corrected chi connectivity index (χ3v) is 5.20. The Balaban J connectivity index is 1.49. The zero-order valence-corrected chi connectivity index (χ0v) is 16.8. The van der Waals surface area contributed by atoms with Crippen molar-refractivity contribution in [2.24, 2.45) is 0 Å². The summed E-state index contributed by atoms with van der Waals surface area (Å²) < 4.78 is 1.59. The Morgan fingerprint density at radius 3 is 2.59 bits per heavy atom. The number of anilines is 1. The molecule has 29 heavy (non-hydrogen) atoms. The average Bonchev–Trinajstić information content (AvgIpc) is 3.17. The number of nitrogens with zero attached hydrogens (tertiary/aromatic N) is 7. The van der Waals surface area contributed by atoms with Gasteiger partial charge in [-0.2, -0.15) is 5.10 Å². The van der Waals surface area contributed by atoms with Crippen LogP contribution >= 0.6 is 0 Å². The first-order valence-corrected chi connectivity index (χ1v) is 9.81. The first-order valence-electron chi connectivity index (χ1n) is 9.81. The van der Waals surface area contributed by atoms with Crippen molar-refractivity contribution in [1.82, 2.24) is 29.6 Å². The SMILES string of the molecule is CN(C)c1ncc(CN2CCCC2Cn2nc(-c3ccncc3)ccc2=O)cn1. The summed E-state index contributed by atoms with van der Waals surface area (Å²) >= 11 is 0. The summed E-state index contributed by atoms with van der Waals surface area (Å²) in [6.45, 7) is 2.35. The van der Waals surface area contributed by atoms with E-state index in [0.29, 0.717) is 12.5 Å². The molecule has 0 amide bonds. The second-order valence-electron chi connectivity index (χ2n) is 7.53. The van der Waals surface area contributed by atoms with Crippen LogP contribution < -0.4 is 10.5 Å². The third-order valence-electron chi connectivity index (χ3n) is 5.20. The maximum atomic E-state index is 12.4. The lowest BCUT2D eigenvalue weighted by atomic mass is 10.2. The standard InChI is InChI=1S/C21H25N7O/c1-26(2)21-23-12-16(13-24-21)14-27-11-3-4-18(27)15-28-20(29)6-5-19(25-28)17-7-9-22-10-8-17/h5-10,12-13,18H,3-4,11,14-15H2,1-2H3. The van der Waals surface area contributed by atoms with Crippen LogP contribution in [0.3, 0.4) is 0 Å². The molecule has 4 rings (SSSR count). The van der Waals surface area contributed by atoms with Crippen molar-refractivity contribution in [3.05, 3.63) is 65.0 Å². The number of aromatic nitrogens is 5. The molecule has 1 fully saturated rings. The van der Waals surface area contributed by atoms with Crippen LogP contribution in [0.15, 0.2) is 53.8 Å². The van der Waals surface area contributed by atoms with E-state index in [1.54, 1.807) is 29.2 Å². The van der Waals surface area contributed by atoms with Gasteiger partial charge in [0.2, 0.25) is 5.95 Å². The van der Waals surface area contributed by atoms with Crippen LogP contribution in [0.25, 0.3) is 11.3 Å². The largest absolute Gasteiger partial charge is 0.347 e. The van der Waals surface area contributed by atoms with Crippen molar-refractivity contribution in [3.63, 3.8) is 0 Å². The van der Waals surface area contributed by atoms with Crippen LogP contribution in [-0.4, -0.2) is 56.3 Å². The van der Waals surface area contributed by atoms with Crippen LogP contribution in [0.5, 0.6) is 0 Å². The van der Waals surface area contributed by atoms with Gasteiger partial charge in [0.05, 0.1) is 12.2 Å². The molecule has 0 radical (unpaired) electrons. The summed E-state index contributed by atoms with van der Waals surface area (Å²) in [4.78, 5) is 29.5. The molecular weight excluding hydrogens is 366 g/mol. The molecule has 0 N–H and O–H groups in total. The van der Waals surface area contributed by atoms with E-state index in [2.05, 4.69) is 25.0 Å². The van der Waals surface area contributed by atoms with E-state index < -0.39 is 0 Å². The van der Waals surface area contributed by atoms with Crippen LogP contribution in [0.4, 0.5) is 5.95 Å². The maximum Gasteiger partial charge on any atom is 0.266 e. The Morgan fingerprint density at radius 1 is 1.10 bits per heavy atom. The second kappa shape index (κ2) is 8.48. The Hall–Kier alpha value is -3.13. The molecule has 3 aromatic heterocycles. The van der Waals surface area contributed by atoms with E-state index in [1.165, 1.54) is 0 Å². The summed E-state index contributed by atoms with van der Waals surface area (Å²) in [5.41, 5.74) is 2.74. The van der Waals surface area contributed by atoms with Gasteiger partial charge in [-0.1, -0.05) is 0 Å². The van der Waals surface area contributed by atoms with Crippen molar-refractivity contribution in [3.8, 4) is 11.3 Å². The molecule has 8 heteroatoms. The van der Waals surface area contributed by atoms with Gasteiger partial charge in [-0.25, -0.2) is 14.6 Å². The molecule has 0 saturated carbocycles. The quantitative estimate of drug-likeness (QED) is 0.634. The minimum Gasteiger partial charge on any atom is -0.347 e. The van der Waals surface area contributed by atoms with Crippen molar-refractivity contribution in [2.45, 2.75) is 32.0 Å². The van der Waals surface area contributed by atoms with Crippen LogP contribution in [0.2, 0.25) is 0 Å². The molecule has 0 spiro atoms. The number of hydrogen-bond donors (Lipinski definition) is 0. The van der Waals surface area contributed by atoms with Gasteiger partial charge in [-0.15, -0.1) is 0 Å². The lowest BCUT2D eigenvalue weighted by molar-refractivity contribution is 0.216. The maximum absolute atomic E-state index is 12.4. The molecule has 1 unspecified atom stereocenters. The Labute approximate surface area is 169 Å². The van der Waals surface area contributed by atoms with Gasteiger partial charge in [0.25, 0.3) is 5.56 Å². The molecule has 0 bridgehead atoms. The van der Waals surface area contributed by atoms with E-state index in [4.69, 9.17) is 0 Å². The van der Waals surface area contributed by atoms with Gasteiger partial charge in [0, 0.05) is 68.7 Å². The summed E-state index contributed by atoms with van der Waals surface area (Å²) in [7, 11) is 3.85. The zero-order chi connectivity index (χ0) is 20.2. The van der Waals surface area contributed by atoms with Crippen molar-refractivity contribution < 1.29 is 0 Å². The summed E-state index contributed by atoms with van der Waals surface area (Å²) in [5, 5.41) is 4.60. The van der Waals surface area contributed by atoms with Crippen molar-refractivity contribution in [2.75, 3.05) is 25.5 Å². The zero-order valence-electron chi connectivity index (χ0n) is 16.8. The molecule has 1 atom stereocenters. The topological polar surface area (TPSA) is 80.0 Å². The van der Waals surface area contributed by atoms with Crippen LogP contribution in [0.1, 0.15) is 18.4 Å². The van der Waals surface area contributed by atoms with Crippen LogP contribution in [-0.2, 0) is 13.1 Å². The predicted octanol–water partition coefficient (Wildman–Crippen LogP) is 1.83. The number of hydrogen-bond acceptors (Lipinski definition) is 7. The molecule has 0 aromatic carbocycles. The fraction of sp³-hybridized carbons (Fsp3) is 0.381. The van der Waals surface area contributed by atoms with Gasteiger partial charge in [0.15, 0.2) is 0 Å². The molecule has 1 aliphatic rings. The Morgan fingerprint density at radius 2 is 1.86 bits per heavy atom. The average molecular weight is 391 g/mol. The Bertz CT molecular complexity index is 1000. The van der Waals surface area contributed by atoms with E-state index in [1.807, 2.05) is 43.5 Å². The third kappa shape index (κ3) is 4.48. The monoisotopic (exact) mass is 391 g/mol. The normalized spacial score (nSPS) is 16.8. The highest BCUT2D eigenvalue weighted by Gasteiger charge is 2.26. The van der Waals surface area contributed by atoms with Crippen LogP contribution in [0, 0.1) is 0 Å². The summed E-state index contributed by atoms with van der Waals surface area (Å²) in [6.07, 6.45) is 9.38. The van der Waals surface area contributed by atoms with E-state index in [0.717, 1.165) is 42.8 Å². The highest BCUT2D eigenvalue weighted by Crippen LogP contribution is 2.21. The van der Waals surface area contributed by atoms with E-state index >= 15 is 0 Å². The first kappa shape index (κ1) is 19.2. The van der Waals surface area contributed by atoms with Gasteiger partial charge in [0.1, 0.15) is 0 Å². The van der Waals surface area contributed by atoms with Gasteiger partial charge < -0.3 is 4.90 Å². The van der Waals surface area contributed by atoms with E-state index in [9.17, 15) is 4.79 Å². The molecule has 0 aliphatic carbocycles. The minimum absolute atomic E-state index is 0.0756. The van der Waals surface area contributed by atoms with E-state index in [-0.39, 0.29) is 11.6 Å². The molecule has 150 valence electrons. The fourth-order valence-electron chi connectivity index (χ4n) is 3.66. The Kier molecular flexibility index (Phi) is 5.62. The second-order valence-corrected chi connectivity index (χ2v) is 7.53. The fourth-order valence-corrected chi connectivity index (χ4v) is 3.66. The van der Waals surface area contributed by atoms with Gasteiger partial charge in [-0.05, 0) is 37.6 Å². The smallest absolute Gasteiger partial charge is 0.266 e. The lowest BCUT2D eigenvalue weighted by Crippen LogP contribution is -2.36. The van der Waals surface area contributed by atoms with Gasteiger partial charge >= 0.3 is 0 Å². The van der Waals surface area contributed by atoms with Crippen molar-refractivity contribution in [1.29, 1.82) is 0 Å². The van der Waals surface area contributed by atoms with Gasteiger partial charge in [-0.3, -0.25) is 14.7 Å². The summed E-state index contributed by atoms with van der Waals surface area (Å²) in [5.74, 6) is 0.704. The predicted molar refractivity (Wildman–Crippen MR) is 112 cm³/mol. The van der Waals surface area contributed by atoms with Crippen molar-refractivity contribution >= 4 is 5.95 Å². The molecule has 1 aliphatic heterocycles. The number of rotatable bonds is 6. The molecule has 8 nitrogen and oxygen atoms in total. The highest BCUT2D eigenvalue weighted by molar-refractivity contribution is 5.56. The first-order chi connectivity index (χ1) is 14.1. The minimum atomic E-state index is -0.0756. The highest BCUT2D eigenvalue weighted by atomic mass is 16.1. The summed E-state index contributed by atoms with van der Waals surface area (Å²) in [6, 6.07) is 7.42. The lowest BCUT2D eigenvalue weighted by Gasteiger charge is -2.24. The number of pyridine rings is 1. The molecule has 4 heterocycles.